The van der Waals surface area contributed by atoms with Crippen molar-refractivity contribution in [2.75, 3.05) is 25.4 Å². The summed E-state index contributed by atoms with van der Waals surface area (Å²) in [5.74, 6) is -0.189. The summed E-state index contributed by atoms with van der Waals surface area (Å²) < 4.78 is 27.8. The molecule has 18 heavy (non-hydrogen) atoms. The molecule has 2 unspecified atom stereocenters. The van der Waals surface area contributed by atoms with E-state index >= 15 is 0 Å². The van der Waals surface area contributed by atoms with Crippen LogP contribution in [0.5, 0.6) is 0 Å². The number of nitrogens with one attached hydrogen (secondary N) is 1. The number of ether oxygens (including phenoxy) is 1. The highest BCUT2D eigenvalue weighted by molar-refractivity contribution is 7.92. The standard InChI is InChI=1S/C11H21NO5S/c1-2-17-11(14)6-9(13)7-12-8-10-4-3-5-18(10,15)16/h9-10,12-13H,2-8H2,1H3. The third kappa shape index (κ3) is 4.91. The molecule has 1 saturated heterocycles. The summed E-state index contributed by atoms with van der Waals surface area (Å²) in [6.45, 7) is 2.53. The van der Waals surface area contributed by atoms with E-state index < -0.39 is 21.9 Å². The molecule has 1 heterocycles. The Kier molecular flexibility index (Phi) is 6.04. The first kappa shape index (κ1) is 15.4. The monoisotopic (exact) mass is 279 g/mol. The van der Waals surface area contributed by atoms with Crippen molar-refractivity contribution in [2.45, 2.75) is 37.5 Å². The summed E-state index contributed by atoms with van der Waals surface area (Å²) in [5, 5.41) is 12.1. The minimum atomic E-state index is -2.95. The van der Waals surface area contributed by atoms with Crippen LogP contribution in [-0.2, 0) is 19.4 Å². The predicted molar refractivity (Wildman–Crippen MR) is 66.9 cm³/mol. The molecule has 2 N–H and O–H groups in total. The maximum absolute atomic E-state index is 11.5. The van der Waals surface area contributed by atoms with Crippen LogP contribution < -0.4 is 5.32 Å². The lowest BCUT2D eigenvalue weighted by atomic mass is 10.2. The SMILES string of the molecule is CCOC(=O)CC(O)CNCC1CCCS1(=O)=O. The first-order valence-corrected chi connectivity index (χ1v) is 7.93. The van der Waals surface area contributed by atoms with Crippen molar-refractivity contribution in [3.05, 3.63) is 0 Å². The lowest BCUT2D eigenvalue weighted by Crippen LogP contribution is -2.36. The maximum atomic E-state index is 11.5. The smallest absolute Gasteiger partial charge is 0.308 e. The normalized spacial score (nSPS) is 23.8. The lowest BCUT2D eigenvalue weighted by molar-refractivity contribution is -0.145. The van der Waals surface area contributed by atoms with E-state index in [0.717, 1.165) is 0 Å². The molecule has 0 aromatic heterocycles. The Labute approximate surface area is 108 Å². The van der Waals surface area contributed by atoms with Gasteiger partial charge in [0, 0.05) is 13.1 Å². The van der Waals surface area contributed by atoms with Crippen molar-refractivity contribution in [1.82, 2.24) is 5.32 Å². The fourth-order valence-corrected chi connectivity index (χ4v) is 3.78. The third-order valence-corrected chi connectivity index (χ3v) is 5.20. The average molecular weight is 279 g/mol. The Hall–Kier alpha value is -0.660. The molecule has 0 saturated carbocycles. The second kappa shape index (κ2) is 7.06. The van der Waals surface area contributed by atoms with Crippen LogP contribution in [0.15, 0.2) is 0 Å². The van der Waals surface area contributed by atoms with Crippen LogP contribution in [0.4, 0.5) is 0 Å². The molecular weight excluding hydrogens is 258 g/mol. The van der Waals surface area contributed by atoms with Crippen LogP contribution in [0.3, 0.4) is 0 Å². The average Bonchev–Trinajstić information content (AvgIpc) is 2.58. The molecule has 0 amide bonds. The van der Waals surface area contributed by atoms with Crippen molar-refractivity contribution in [1.29, 1.82) is 0 Å². The molecule has 1 fully saturated rings. The summed E-state index contributed by atoms with van der Waals surface area (Å²) >= 11 is 0. The molecule has 0 spiro atoms. The van der Waals surface area contributed by atoms with E-state index in [0.29, 0.717) is 26.0 Å². The molecular formula is C11H21NO5S. The number of carbonyl (C=O) groups is 1. The highest BCUT2D eigenvalue weighted by atomic mass is 32.2. The summed E-state index contributed by atoms with van der Waals surface area (Å²) in [4.78, 5) is 11.1. The van der Waals surface area contributed by atoms with Gasteiger partial charge in [-0.25, -0.2) is 8.42 Å². The van der Waals surface area contributed by atoms with Crippen molar-refractivity contribution >= 4 is 15.8 Å². The Morgan fingerprint density at radius 1 is 1.56 bits per heavy atom. The Balaban J connectivity index is 2.19. The Morgan fingerprint density at radius 2 is 2.28 bits per heavy atom. The van der Waals surface area contributed by atoms with Crippen molar-refractivity contribution < 1.29 is 23.1 Å². The van der Waals surface area contributed by atoms with E-state index in [4.69, 9.17) is 4.74 Å². The molecule has 0 radical (unpaired) electrons. The van der Waals surface area contributed by atoms with Crippen molar-refractivity contribution in [3.8, 4) is 0 Å². The number of aliphatic hydroxyl groups is 1. The van der Waals surface area contributed by atoms with E-state index in [-0.39, 0.29) is 24.0 Å². The van der Waals surface area contributed by atoms with Crippen LogP contribution in [0, 0.1) is 0 Å². The molecule has 0 aliphatic carbocycles. The number of carbonyl (C=O) groups excluding carboxylic acids is 1. The minimum Gasteiger partial charge on any atom is -0.466 e. The van der Waals surface area contributed by atoms with Crippen LogP contribution in [0.2, 0.25) is 0 Å². The molecule has 2 atom stereocenters. The summed E-state index contributed by atoms with van der Waals surface area (Å²) in [7, 11) is -2.95. The number of aliphatic hydroxyl groups excluding tert-OH is 1. The van der Waals surface area contributed by atoms with Crippen LogP contribution in [0.1, 0.15) is 26.2 Å². The fraction of sp³-hybridized carbons (Fsp3) is 0.909. The minimum absolute atomic E-state index is 0.0712. The summed E-state index contributed by atoms with van der Waals surface area (Å²) in [5.41, 5.74) is 0. The van der Waals surface area contributed by atoms with Gasteiger partial charge in [0.2, 0.25) is 0 Å². The van der Waals surface area contributed by atoms with Gasteiger partial charge in [0.1, 0.15) is 0 Å². The highest BCUT2D eigenvalue weighted by Gasteiger charge is 2.30. The van der Waals surface area contributed by atoms with E-state index in [1.54, 1.807) is 6.92 Å². The van der Waals surface area contributed by atoms with Gasteiger partial charge in [-0.3, -0.25) is 4.79 Å². The van der Waals surface area contributed by atoms with Gasteiger partial charge in [-0.05, 0) is 19.8 Å². The van der Waals surface area contributed by atoms with Gasteiger partial charge < -0.3 is 15.2 Å². The number of hydrogen-bond donors (Lipinski definition) is 2. The molecule has 1 aliphatic rings. The van der Waals surface area contributed by atoms with Crippen LogP contribution >= 0.6 is 0 Å². The first-order chi connectivity index (χ1) is 8.45. The van der Waals surface area contributed by atoms with E-state index in [9.17, 15) is 18.3 Å². The van der Waals surface area contributed by atoms with Gasteiger partial charge in [-0.15, -0.1) is 0 Å². The van der Waals surface area contributed by atoms with Crippen LogP contribution in [-0.4, -0.2) is 56.3 Å². The third-order valence-electron chi connectivity index (χ3n) is 2.92. The zero-order valence-electron chi connectivity index (χ0n) is 10.6. The van der Waals surface area contributed by atoms with Gasteiger partial charge in [0.15, 0.2) is 9.84 Å². The largest absolute Gasteiger partial charge is 0.466 e. The number of rotatable bonds is 7. The molecule has 6 nitrogen and oxygen atoms in total. The first-order valence-electron chi connectivity index (χ1n) is 6.21. The maximum Gasteiger partial charge on any atom is 0.308 e. The Bertz CT molecular complexity index is 368. The van der Waals surface area contributed by atoms with E-state index in [1.165, 1.54) is 0 Å². The highest BCUT2D eigenvalue weighted by Crippen LogP contribution is 2.18. The Morgan fingerprint density at radius 3 is 2.83 bits per heavy atom. The second-order valence-electron chi connectivity index (χ2n) is 4.45. The molecule has 0 aromatic rings. The number of sulfone groups is 1. The van der Waals surface area contributed by atoms with E-state index in [1.807, 2.05) is 0 Å². The summed E-state index contributed by atoms with van der Waals surface area (Å²) in [6.07, 6.45) is 0.467. The van der Waals surface area contributed by atoms with Gasteiger partial charge >= 0.3 is 5.97 Å². The quantitative estimate of drug-likeness (QED) is 0.608. The topological polar surface area (TPSA) is 92.7 Å². The van der Waals surface area contributed by atoms with Gasteiger partial charge in [0.05, 0.1) is 30.1 Å². The summed E-state index contributed by atoms with van der Waals surface area (Å²) in [6, 6.07) is 0. The zero-order valence-corrected chi connectivity index (χ0v) is 11.4. The molecule has 106 valence electrons. The molecule has 0 aromatic carbocycles. The van der Waals surface area contributed by atoms with E-state index in [2.05, 4.69) is 5.32 Å². The van der Waals surface area contributed by atoms with Gasteiger partial charge in [0.25, 0.3) is 0 Å². The predicted octanol–water partition coefficient (Wildman–Crippen LogP) is -0.533. The van der Waals surface area contributed by atoms with Crippen molar-refractivity contribution in [3.63, 3.8) is 0 Å². The second-order valence-corrected chi connectivity index (χ2v) is 6.85. The molecule has 1 rings (SSSR count). The lowest BCUT2D eigenvalue weighted by Gasteiger charge is -2.14. The van der Waals surface area contributed by atoms with Crippen molar-refractivity contribution in [2.24, 2.45) is 0 Å². The number of esters is 1. The molecule has 0 bridgehead atoms. The number of hydrogen-bond acceptors (Lipinski definition) is 6. The van der Waals surface area contributed by atoms with Gasteiger partial charge in [-0.1, -0.05) is 0 Å². The zero-order chi connectivity index (χ0) is 13.6. The molecule has 1 aliphatic heterocycles. The van der Waals surface area contributed by atoms with Crippen LogP contribution in [0.25, 0.3) is 0 Å². The van der Waals surface area contributed by atoms with Gasteiger partial charge in [-0.2, -0.15) is 0 Å². The molecule has 7 heteroatoms. The fourth-order valence-electron chi connectivity index (χ4n) is 1.98.